The number of guanidine groups is 1. The van der Waals surface area contributed by atoms with Crippen molar-refractivity contribution >= 4 is 132 Å². The highest BCUT2D eigenvalue weighted by Crippen LogP contribution is 2.24. The SMILES string of the molecule is CC[C@H](C)[C@H](NC(=O)[C@H](CS)NC(=O)[C@@H]1CCCN1C(=O)[C@H](Cc1ccccc1)NC(=O)[C@H](Cc1c[nH]cn1)NC(=O)[C@@H](N)[C@@H](C)O)C(=O)N[C@@H](CCCCN)C(=O)N[C@@H](Cc1ccccc1)C(=O)N[C@@H](CCC(=O)O)C(=O)N1CCC[C@H]1C(=O)N[C@@H](CCCNC(=N)N)C(=O)N[C@@H](CO)C(=O)N[C@@H](CCCCN)C(=O)NCC(=O)N[C@@H](CS)C(=O)N[C@@H](CCCCN)C(=O)O. The summed E-state index contributed by atoms with van der Waals surface area (Å²) in [5.41, 5.74) is 30.1. The number of carboxylic acids is 2. The number of nitrogens with one attached hydrogen (secondary N) is 16. The van der Waals surface area contributed by atoms with E-state index >= 15 is 9.59 Å². The van der Waals surface area contributed by atoms with Crippen LogP contribution in [-0.4, -0.2) is 307 Å². The predicted molar refractivity (Wildman–Crippen MR) is 485 cm³/mol. The molecule has 2 saturated heterocycles. The quantitative estimate of drug-likeness (QED) is 0.0108. The van der Waals surface area contributed by atoms with Crippen molar-refractivity contribution < 1.29 is 102 Å². The number of carboxylic acid groups (broad SMARTS) is 2. The lowest BCUT2D eigenvalue weighted by atomic mass is 9.97. The number of thiol groups is 2. The van der Waals surface area contributed by atoms with E-state index in [1.54, 1.807) is 74.5 Å². The maximum absolute atomic E-state index is 15.0. The van der Waals surface area contributed by atoms with Gasteiger partial charge in [0.2, 0.25) is 88.6 Å². The summed E-state index contributed by atoms with van der Waals surface area (Å²) in [6.07, 6.45) is 2.36. The molecule has 0 radical (unpaired) electrons. The number of aliphatic hydroxyl groups is 2. The molecule has 3 aromatic rings. The minimum Gasteiger partial charge on any atom is -0.481 e. The molecule has 3 heterocycles. The Morgan fingerprint density at radius 1 is 0.496 bits per heavy atom. The Morgan fingerprint density at radius 2 is 0.916 bits per heavy atom. The molecule has 0 spiro atoms. The molecule has 131 heavy (non-hydrogen) atoms. The third kappa shape index (κ3) is 37.3. The van der Waals surface area contributed by atoms with Gasteiger partial charge in [0.1, 0.15) is 90.6 Å². The largest absolute Gasteiger partial charge is 0.481 e. The number of aliphatic carboxylic acids is 2. The van der Waals surface area contributed by atoms with Gasteiger partial charge in [-0.3, -0.25) is 82.1 Å². The number of H-pyrrole nitrogens is 1. The zero-order chi connectivity index (χ0) is 96.8. The normalized spacial score (nSPS) is 16.9. The van der Waals surface area contributed by atoms with Crippen molar-refractivity contribution in [1.82, 2.24) is 94.2 Å². The van der Waals surface area contributed by atoms with E-state index in [1.807, 2.05) is 0 Å². The molecule has 5 rings (SSSR count). The molecule has 47 heteroatoms. The highest BCUT2D eigenvalue weighted by molar-refractivity contribution is 7.80. The van der Waals surface area contributed by atoms with Gasteiger partial charge in [-0.25, -0.2) is 9.78 Å². The second-order valence-corrected chi connectivity index (χ2v) is 33.0. The first-order chi connectivity index (χ1) is 62.5. The number of hydrogen-bond donors (Lipinski definition) is 27. The van der Waals surface area contributed by atoms with Crippen LogP contribution in [-0.2, 0) is 101 Å². The third-order valence-corrected chi connectivity index (χ3v) is 22.9. The topological polar surface area (TPSA) is 729 Å². The number of aliphatic hydroxyl groups excluding tert-OH is 2. The van der Waals surface area contributed by atoms with E-state index in [0.717, 1.165) is 4.90 Å². The number of aromatic nitrogens is 2. The van der Waals surface area contributed by atoms with Gasteiger partial charge >= 0.3 is 11.9 Å². The summed E-state index contributed by atoms with van der Waals surface area (Å²) in [4.78, 5) is 248. The number of likely N-dealkylation sites (tertiary alicyclic amines) is 2. The zero-order valence-electron chi connectivity index (χ0n) is 74.0. The van der Waals surface area contributed by atoms with Gasteiger partial charge in [-0.1, -0.05) is 80.9 Å². The molecule has 1 aromatic heterocycles. The Morgan fingerprint density at radius 3 is 1.41 bits per heavy atom. The van der Waals surface area contributed by atoms with Crippen LogP contribution in [0.5, 0.6) is 0 Å². The lowest BCUT2D eigenvalue weighted by Crippen LogP contribution is -2.62. The number of amides is 15. The molecule has 0 saturated carbocycles. The minimum atomic E-state index is -1.82. The smallest absolute Gasteiger partial charge is 0.326 e. The second-order valence-electron chi connectivity index (χ2n) is 32.3. The van der Waals surface area contributed by atoms with Crippen molar-refractivity contribution in [1.29, 1.82) is 5.41 Å². The van der Waals surface area contributed by atoms with E-state index in [-0.39, 0.29) is 134 Å². The lowest BCUT2D eigenvalue weighted by molar-refractivity contribution is -0.144. The average Bonchev–Trinajstić information content (AvgIpc) is 1.78. The number of nitrogens with zero attached hydrogens (tertiary/aromatic N) is 3. The number of rotatable bonds is 60. The van der Waals surface area contributed by atoms with Crippen molar-refractivity contribution in [2.24, 2.45) is 34.6 Å². The Labute approximate surface area is 770 Å². The van der Waals surface area contributed by atoms with Gasteiger partial charge in [-0.2, -0.15) is 25.3 Å². The Kier molecular flexibility index (Phi) is 48.8. The van der Waals surface area contributed by atoms with Crippen LogP contribution in [0.25, 0.3) is 0 Å². The fourth-order valence-corrected chi connectivity index (χ4v) is 15.0. The van der Waals surface area contributed by atoms with E-state index in [0.29, 0.717) is 55.5 Å². The van der Waals surface area contributed by atoms with E-state index in [9.17, 15) is 92.3 Å². The molecule has 2 aliphatic heterocycles. The van der Waals surface area contributed by atoms with Crippen LogP contribution in [0.1, 0.15) is 153 Å². The fraction of sp³-hybridized carbons (Fsp3) is 0.607. The summed E-state index contributed by atoms with van der Waals surface area (Å²) in [6, 6.07) is -4.86. The molecule has 17 atom stereocenters. The standard InChI is InChI=1S/C84H132N24O21S2/c1-4-47(2)68(106-76(121)62(45-131)105-78(123)64-29-19-37-108(64)82(127)59(39-50-22-9-6-10-23-50)103-73(118)58(40-51-41-91-46-94-51)102-79(124)67(88)48(3)110)80(125)98-53(25-12-15-33-86)70(115)101-57(38-49-20-7-5-8-21-49)72(117)99-55(30-31-66(112)113)81(126)107-36-18-28-63(107)77(122)97-54(27-17-35-92-84(89)90)71(116)104-60(43-109)74(119)96-52(24-11-14-32-85)69(114)93-42-65(111)95-61(44-130)75(120)100-56(83(128)129)26-13-16-34-87/h5-10,20-23,41,46-48,52-64,67-68,109-110,130-131H,4,11-19,24-40,42-45,85-88H2,1-3H3,(H,91,94)(H,93,114)(H,95,111)(H,96,119)(H,97,122)(H,98,125)(H,99,117)(H,100,120)(H,101,115)(H,102,124)(H,103,118)(H,104,116)(H,105,123)(H,106,121)(H,112,113)(H,128,129)(H4,89,90,92)/t47-,48+,52-,53-,54-,55-,56-,57-,58-,59-,60-,61-,62-,63-,64-,67-,68-/m0/s1. The van der Waals surface area contributed by atoms with E-state index in [1.165, 1.54) is 24.3 Å². The van der Waals surface area contributed by atoms with Crippen LogP contribution in [0.2, 0.25) is 0 Å². The van der Waals surface area contributed by atoms with Gasteiger partial charge in [0, 0.05) is 63.0 Å². The first kappa shape index (κ1) is 110. The number of benzene rings is 2. The molecule has 15 amide bonds. The Balaban J connectivity index is 1.34. The van der Waals surface area contributed by atoms with Crippen LogP contribution in [0.4, 0.5) is 0 Å². The number of aromatic amines is 1. The van der Waals surface area contributed by atoms with E-state index in [2.05, 4.69) is 110 Å². The summed E-state index contributed by atoms with van der Waals surface area (Å²) in [6.45, 7) is 3.35. The molecular weight excluding hydrogens is 1750 g/mol. The Hall–Kier alpha value is -11.6. The first-order valence-corrected chi connectivity index (χ1v) is 45.3. The number of hydrogen-bond acceptors (Lipinski definition) is 27. The molecule has 2 fully saturated rings. The monoisotopic (exact) mass is 1880 g/mol. The van der Waals surface area contributed by atoms with Crippen molar-refractivity contribution in [3.8, 4) is 0 Å². The molecule has 0 unspecified atom stereocenters. The first-order valence-electron chi connectivity index (χ1n) is 44.0. The summed E-state index contributed by atoms with van der Waals surface area (Å²) in [7, 11) is 0. The molecule has 45 nitrogen and oxygen atoms in total. The van der Waals surface area contributed by atoms with Crippen molar-refractivity contribution in [2.75, 3.05) is 63.9 Å². The number of nitrogens with two attached hydrogens (primary N) is 5. The van der Waals surface area contributed by atoms with Gasteiger partial charge in [-0.05, 0) is 146 Å². The summed E-state index contributed by atoms with van der Waals surface area (Å²) in [5.74, 6) is -18.0. The van der Waals surface area contributed by atoms with Crippen LogP contribution >= 0.6 is 25.3 Å². The second kappa shape index (κ2) is 58.2. The predicted octanol–water partition coefficient (Wildman–Crippen LogP) is -6.44. The summed E-state index contributed by atoms with van der Waals surface area (Å²) < 4.78 is 0. The maximum Gasteiger partial charge on any atom is 0.326 e. The number of unbranched alkanes of at least 4 members (excludes halogenated alkanes) is 3. The van der Waals surface area contributed by atoms with Gasteiger partial charge in [0.05, 0.1) is 31.3 Å². The molecule has 0 aliphatic carbocycles. The fourth-order valence-electron chi connectivity index (χ4n) is 14.5. The molecular formula is C84H132N24O21S2. The summed E-state index contributed by atoms with van der Waals surface area (Å²) >= 11 is 8.53. The molecule has 726 valence electrons. The molecule has 0 bridgehead atoms. The van der Waals surface area contributed by atoms with E-state index < -0.39 is 235 Å². The van der Waals surface area contributed by atoms with Gasteiger partial charge < -0.3 is 138 Å². The Bertz CT molecular complexity index is 4260. The van der Waals surface area contributed by atoms with Crippen molar-refractivity contribution in [3.63, 3.8) is 0 Å². The number of imidazole rings is 1. The van der Waals surface area contributed by atoms with Gasteiger partial charge in [0.25, 0.3) is 0 Å². The lowest BCUT2D eigenvalue weighted by Gasteiger charge is -2.31. The highest BCUT2D eigenvalue weighted by atomic mass is 32.1. The minimum absolute atomic E-state index is 0.0182. The number of carbonyl (C=O) groups excluding carboxylic acids is 15. The summed E-state index contributed by atoms with van der Waals surface area (Å²) in [5, 5.41) is 83.9. The molecule has 2 aliphatic rings. The third-order valence-electron chi connectivity index (χ3n) is 22.2. The van der Waals surface area contributed by atoms with Crippen molar-refractivity contribution in [2.45, 2.75) is 252 Å². The molecule has 2 aromatic carbocycles. The van der Waals surface area contributed by atoms with E-state index in [4.69, 9.17) is 34.1 Å². The van der Waals surface area contributed by atoms with Crippen LogP contribution in [0.15, 0.2) is 73.2 Å². The maximum atomic E-state index is 15.0. The molecule has 30 N–H and O–H groups in total. The van der Waals surface area contributed by atoms with Crippen molar-refractivity contribution in [3.05, 3.63) is 90.0 Å². The van der Waals surface area contributed by atoms with Crippen LogP contribution < -0.4 is 103 Å². The van der Waals surface area contributed by atoms with Gasteiger partial charge in [-0.15, -0.1) is 0 Å². The van der Waals surface area contributed by atoms with Crippen LogP contribution in [0.3, 0.4) is 0 Å². The highest BCUT2D eigenvalue weighted by Gasteiger charge is 2.44. The average molecular weight is 1880 g/mol. The zero-order valence-corrected chi connectivity index (χ0v) is 75.8. The van der Waals surface area contributed by atoms with Crippen LogP contribution in [0, 0.1) is 11.3 Å². The van der Waals surface area contributed by atoms with Gasteiger partial charge in [0.15, 0.2) is 5.96 Å². The number of carbonyl (C=O) groups is 17.